The van der Waals surface area contributed by atoms with Gasteiger partial charge in [-0.3, -0.25) is 19.2 Å². The molecule has 29 heavy (non-hydrogen) atoms. The van der Waals surface area contributed by atoms with Crippen LogP contribution >= 0.6 is 0 Å². The monoisotopic (exact) mass is 420 g/mol. The molecule has 0 aromatic heterocycles. The quantitative estimate of drug-likeness (QED) is 0.493. The minimum atomic E-state index is -0.456. The number of methoxy groups -OCH3 is 4. The molecule has 0 aromatic carbocycles. The highest BCUT2D eigenvalue weighted by Gasteiger charge is 2.27. The predicted octanol–water partition coefficient (Wildman–Crippen LogP) is 3.26. The van der Waals surface area contributed by atoms with Crippen LogP contribution < -0.4 is 0 Å². The van der Waals surface area contributed by atoms with Crippen molar-refractivity contribution in [1.82, 2.24) is 0 Å². The van der Waals surface area contributed by atoms with Crippen LogP contribution in [0.2, 0.25) is 0 Å². The Hall–Kier alpha value is -2.12. The van der Waals surface area contributed by atoms with Gasteiger partial charge < -0.3 is 18.9 Å². The molecule has 0 fully saturated rings. The fourth-order valence-corrected chi connectivity index (χ4v) is 1.54. The van der Waals surface area contributed by atoms with Crippen molar-refractivity contribution in [3.05, 3.63) is 0 Å². The number of carbonyl (C=O) groups is 4. The summed E-state index contributed by atoms with van der Waals surface area (Å²) in [7, 11) is 5.40. The van der Waals surface area contributed by atoms with Crippen LogP contribution in [0, 0.1) is 29.1 Å². The molecule has 0 spiro atoms. The zero-order valence-electron chi connectivity index (χ0n) is 20.1. The van der Waals surface area contributed by atoms with E-state index in [0.717, 1.165) is 0 Å². The van der Waals surface area contributed by atoms with Gasteiger partial charge in [-0.05, 0) is 26.7 Å². The summed E-state index contributed by atoms with van der Waals surface area (Å²) in [5.41, 5.74) is -0.352. The summed E-state index contributed by atoms with van der Waals surface area (Å²) in [5.74, 6) is -1.60. The lowest BCUT2D eigenvalue weighted by molar-refractivity contribution is -0.156. The van der Waals surface area contributed by atoms with E-state index < -0.39 is 23.8 Å². The van der Waals surface area contributed by atoms with Crippen LogP contribution in [0.1, 0.15) is 55.4 Å². The van der Waals surface area contributed by atoms with Gasteiger partial charge >= 0.3 is 23.9 Å². The Morgan fingerprint density at radius 1 is 0.552 bits per heavy atom. The molecule has 0 aliphatic carbocycles. The molecule has 0 amide bonds. The Labute approximate surface area is 175 Å². The molecule has 8 heteroatoms. The zero-order chi connectivity index (χ0) is 23.9. The van der Waals surface area contributed by atoms with Gasteiger partial charge in [-0.2, -0.15) is 0 Å². The summed E-state index contributed by atoms with van der Waals surface area (Å²) in [6.45, 7) is 14.6. The van der Waals surface area contributed by atoms with E-state index in [0.29, 0.717) is 5.92 Å². The molecule has 0 radical (unpaired) electrons. The summed E-state index contributed by atoms with van der Waals surface area (Å²) >= 11 is 0. The average molecular weight is 421 g/mol. The highest BCUT2D eigenvalue weighted by atomic mass is 16.5. The lowest BCUT2D eigenvalue weighted by atomic mass is 9.96. The topological polar surface area (TPSA) is 105 Å². The smallest absolute Gasteiger partial charge is 0.310 e. The summed E-state index contributed by atoms with van der Waals surface area (Å²) < 4.78 is 18.0. The number of esters is 4. The third-order valence-corrected chi connectivity index (χ3v) is 4.27. The van der Waals surface area contributed by atoms with Gasteiger partial charge in [-0.25, -0.2) is 0 Å². The Morgan fingerprint density at radius 3 is 0.931 bits per heavy atom. The molecule has 8 nitrogen and oxygen atoms in total. The Morgan fingerprint density at radius 2 is 0.828 bits per heavy atom. The third kappa shape index (κ3) is 14.5. The number of carbonyl (C=O) groups excluding carboxylic acids is 4. The predicted molar refractivity (Wildman–Crippen MR) is 110 cm³/mol. The van der Waals surface area contributed by atoms with Crippen LogP contribution in [-0.2, 0) is 38.1 Å². The molecule has 0 saturated heterocycles. The Kier molecular flexibility index (Phi) is 17.2. The molecule has 0 N–H and O–H groups in total. The summed E-state index contributed by atoms with van der Waals surface area (Å²) in [6.07, 6.45) is 0. The van der Waals surface area contributed by atoms with Gasteiger partial charge in [0.05, 0.1) is 51.6 Å². The number of rotatable bonds is 5. The van der Waals surface area contributed by atoms with Gasteiger partial charge in [-0.1, -0.05) is 34.6 Å². The molecule has 0 rings (SSSR count). The van der Waals surface area contributed by atoms with Crippen LogP contribution in [0.5, 0.6) is 0 Å². The number of ether oxygens (including phenoxy) is 4. The normalized spacial score (nSPS) is 13.3. The highest BCUT2D eigenvalue weighted by Crippen LogP contribution is 2.14. The number of hydrogen-bond donors (Lipinski definition) is 0. The fourth-order valence-electron chi connectivity index (χ4n) is 1.54. The van der Waals surface area contributed by atoms with Gasteiger partial charge in [0.25, 0.3) is 0 Å². The number of hydrogen-bond acceptors (Lipinski definition) is 8. The minimum absolute atomic E-state index is 0.0231. The Balaban J connectivity index is -0.000000359. The molecule has 3 unspecified atom stereocenters. The molecule has 0 bridgehead atoms. The first kappa shape index (κ1) is 31.6. The van der Waals surface area contributed by atoms with Crippen LogP contribution in [-0.4, -0.2) is 52.3 Å². The van der Waals surface area contributed by atoms with Crippen molar-refractivity contribution in [3.8, 4) is 0 Å². The minimum Gasteiger partial charge on any atom is -0.469 e. The van der Waals surface area contributed by atoms with Crippen molar-refractivity contribution in [2.75, 3.05) is 28.4 Å². The lowest BCUT2D eigenvalue weighted by Gasteiger charge is -2.14. The van der Waals surface area contributed by atoms with E-state index in [-0.39, 0.29) is 23.3 Å². The second kappa shape index (κ2) is 15.8. The second-order valence-corrected chi connectivity index (χ2v) is 7.92. The molecular weight excluding hydrogens is 380 g/mol. The summed E-state index contributed by atoms with van der Waals surface area (Å²) in [6, 6.07) is 0. The standard InChI is InChI=1S/C8H14O4.C7H14O2.C6H12O2/c1-5(7(9)11-3)6(2)8(10)12-4;1-5(2)6(3)7(8)9-4;1-6(2,3)5(7)8-4/h5-6H,1-4H3;5-6H,1-4H3;1-4H3. The molecule has 0 heterocycles. The van der Waals surface area contributed by atoms with Crippen molar-refractivity contribution >= 4 is 23.9 Å². The van der Waals surface area contributed by atoms with Crippen LogP contribution in [0.15, 0.2) is 0 Å². The molecule has 0 aromatic rings. The van der Waals surface area contributed by atoms with E-state index in [2.05, 4.69) is 18.9 Å². The van der Waals surface area contributed by atoms with Crippen LogP contribution in [0.25, 0.3) is 0 Å². The zero-order valence-corrected chi connectivity index (χ0v) is 20.1. The maximum Gasteiger partial charge on any atom is 0.310 e. The SMILES string of the molecule is COC(=O)C(C)(C)C.COC(=O)C(C)C(C)C.COC(=O)C(C)C(C)C(=O)OC. The molecule has 0 aliphatic heterocycles. The van der Waals surface area contributed by atoms with Crippen molar-refractivity contribution in [1.29, 1.82) is 0 Å². The van der Waals surface area contributed by atoms with Crippen molar-refractivity contribution in [3.63, 3.8) is 0 Å². The van der Waals surface area contributed by atoms with E-state index in [1.54, 1.807) is 13.8 Å². The summed E-state index contributed by atoms with van der Waals surface area (Å²) in [4.78, 5) is 43.2. The maximum atomic E-state index is 10.9. The molecule has 0 aliphatic rings. The van der Waals surface area contributed by atoms with Gasteiger partial charge in [-0.15, -0.1) is 0 Å². The maximum absolute atomic E-state index is 10.9. The molecule has 0 saturated carbocycles. The summed E-state index contributed by atoms with van der Waals surface area (Å²) in [5, 5.41) is 0. The molecule has 172 valence electrons. The fraction of sp³-hybridized carbons (Fsp3) is 0.810. The van der Waals surface area contributed by atoms with Crippen molar-refractivity contribution < 1.29 is 38.1 Å². The van der Waals surface area contributed by atoms with Gasteiger partial charge in [0.2, 0.25) is 0 Å². The van der Waals surface area contributed by atoms with E-state index >= 15 is 0 Å². The average Bonchev–Trinajstić information content (AvgIpc) is 2.69. The van der Waals surface area contributed by atoms with E-state index in [9.17, 15) is 19.2 Å². The van der Waals surface area contributed by atoms with E-state index in [1.165, 1.54) is 28.4 Å². The van der Waals surface area contributed by atoms with E-state index in [1.807, 2.05) is 41.5 Å². The second-order valence-electron chi connectivity index (χ2n) is 7.92. The van der Waals surface area contributed by atoms with Gasteiger partial charge in [0, 0.05) is 0 Å². The lowest BCUT2D eigenvalue weighted by Crippen LogP contribution is -2.27. The largest absolute Gasteiger partial charge is 0.469 e. The first-order chi connectivity index (χ1) is 13.1. The first-order valence-corrected chi connectivity index (χ1v) is 9.44. The molecule has 3 atom stereocenters. The third-order valence-electron chi connectivity index (χ3n) is 4.27. The highest BCUT2D eigenvalue weighted by molar-refractivity contribution is 5.81. The Bertz CT molecular complexity index is 485. The van der Waals surface area contributed by atoms with Crippen LogP contribution in [0.3, 0.4) is 0 Å². The van der Waals surface area contributed by atoms with Crippen molar-refractivity contribution in [2.45, 2.75) is 55.4 Å². The van der Waals surface area contributed by atoms with Crippen LogP contribution in [0.4, 0.5) is 0 Å². The first-order valence-electron chi connectivity index (χ1n) is 9.44. The van der Waals surface area contributed by atoms with Gasteiger partial charge in [0.1, 0.15) is 0 Å². The van der Waals surface area contributed by atoms with Crippen molar-refractivity contribution in [2.24, 2.45) is 29.1 Å². The molecular formula is C21H40O8. The van der Waals surface area contributed by atoms with Gasteiger partial charge in [0.15, 0.2) is 0 Å². The van der Waals surface area contributed by atoms with E-state index in [4.69, 9.17) is 0 Å².